The van der Waals surface area contributed by atoms with E-state index in [-0.39, 0.29) is 0 Å². The summed E-state index contributed by atoms with van der Waals surface area (Å²) in [7, 11) is 0. The van der Waals surface area contributed by atoms with Gasteiger partial charge in [0.05, 0.1) is 23.6 Å². The molecular weight excluding hydrogens is 276 g/mol. The van der Waals surface area contributed by atoms with Crippen LogP contribution < -0.4 is 0 Å². The van der Waals surface area contributed by atoms with Crippen LogP contribution in [0.2, 0.25) is 0 Å². The molecule has 6 nitrogen and oxygen atoms in total. The zero-order valence-electron chi connectivity index (χ0n) is 11.6. The van der Waals surface area contributed by atoms with Crippen molar-refractivity contribution in [3.05, 3.63) is 61.6 Å². The molecule has 4 heterocycles. The molecule has 0 aliphatic rings. The van der Waals surface area contributed by atoms with Gasteiger partial charge in [-0.25, -0.2) is 15.0 Å². The number of hydrogen-bond acceptors (Lipinski definition) is 4. The first-order chi connectivity index (χ1) is 10.9. The van der Waals surface area contributed by atoms with Crippen LogP contribution in [0, 0.1) is 0 Å². The summed E-state index contributed by atoms with van der Waals surface area (Å²) in [5, 5.41) is 2.42. The van der Waals surface area contributed by atoms with Crippen molar-refractivity contribution >= 4 is 33.0 Å². The molecule has 5 rings (SSSR count). The average molecular weight is 288 g/mol. The molecule has 0 radical (unpaired) electrons. The predicted molar refractivity (Wildman–Crippen MR) is 85.3 cm³/mol. The summed E-state index contributed by atoms with van der Waals surface area (Å²) in [5.41, 5.74) is 3.80. The molecule has 0 spiro atoms. The van der Waals surface area contributed by atoms with Crippen LogP contribution in [-0.2, 0) is 0 Å². The lowest BCUT2D eigenvalue weighted by atomic mass is 10.1. The van der Waals surface area contributed by atoms with Crippen LogP contribution in [0.1, 0.15) is 0 Å². The Morgan fingerprint density at radius 1 is 0.909 bits per heavy atom. The summed E-state index contributed by atoms with van der Waals surface area (Å²) >= 11 is 0. The van der Waals surface area contributed by atoms with Crippen LogP contribution in [0.3, 0.4) is 0 Å². The molecule has 0 saturated heterocycles. The number of aromatic nitrogens is 6. The highest BCUT2D eigenvalue weighted by molar-refractivity contribution is 6.03. The molecule has 2 N–H and O–H groups in total. The Hall–Kier alpha value is -3.28. The van der Waals surface area contributed by atoms with Crippen molar-refractivity contribution in [2.45, 2.75) is 0 Å². The summed E-state index contributed by atoms with van der Waals surface area (Å²) in [6.45, 7) is 0. The van der Waals surface area contributed by atoms with E-state index in [9.17, 15) is 0 Å². The minimum Gasteiger partial charge on any atom is -0.361 e. The summed E-state index contributed by atoms with van der Waals surface area (Å²) < 4.78 is 0. The van der Waals surface area contributed by atoms with Crippen molar-refractivity contribution in [3.8, 4) is 0 Å². The fourth-order valence-electron chi connectivity index (χ4n) is 2.37. The number of hydrogen-bond donors (Lipinski definition) is 2. The molecule has 0 unspecified atom stereocenters. The van der Waals surface area contributed by atoms with Crippen LogP contribution in [0.5, 0.6) is 0 Å². The van der Waals surface area contributed by atoms with Crippen molar-refractivity contribution in [3.63, 3.8) is 0 Å². The molecule has 0 amide bonds. The van der Waals surface area contributed by atoms with Gasteiger partial charge < -0.3 is 9.97 Å². The third-order valence-corrected chi connectivity index (χ3v) is 3.41. The Morgan fingerprint density at radius 2 is 1.91 bits per heavy atom. The average Bonchev–Trinajstić information content (AvgIpc) is 3.24. The zero-order valence-corrected chi connectivity index (χ0v) is 11.6. The topological polar surface area (TPSA) is 83.1 Å². The Labute approximate surface area is 125 Å². The van der Waals surface area contributed by atoms with Crippen LogP contribution in [0.4, 0.5) is 0 Å². The number of pyridine rings is 1. The van der Waals surface area contributed by atoms with Gasteiger partial charge in [0, 0.05) is 17.8 Å². The molecule has 22 heavy (non-hydrogen) atoms. The molecule has 4 aromatic heterocycles. The number of fused-ring (bicyclic) bond motifs is 4. The van der Waals surface area contributed by atoms with Crippen LogP contribution in [-0.4, -0.2) is 29.9 Å². The minimum absolute atomic E-state index is 0.713. The number of nitrogens with one attached hydrogen (secondary N) is 2. The maximum atomic E-state index is 4.25. The van der Waals surface area contributed by atoms with Crippen LogP contribution in [0.25, 0.3) is 33.0 Å². The lowest BCUT2D eigenvalue weighted by Gasteiger charge is -1.97. The predicted octanol–water partition coefficient (Wildman–Crippen LogP) is 3.07. The van der Waals surface area contributed by atoms with E-state index in [4.69, 9.17) is 0 Å². The molecule has 0 saturated carbocycles. The number of aromatic amines is 2. The third-order valence-electron chi connectivity index (χ3n) is 3.41. The molecule has 106 valence electrons. The Kier molecular flexibility index (Phi) is 2.97. The van der Waals surface area contributed by atoms with Crippen molar-refractivity contribution in [1.82, 2.24) is 29.9 Å². The van der Waals surface area contributed by atoms with E-state index in [1.54, 1.807) is 12.5 Å². The number of nitrogens with zero attached hydrogens (tertiary/aromatic N) is 4. The zero-order chi connectivity index (χ0) is 14.8. The first kappa shape index (κ1) is 12.5. The maximum absolute atomic E-state index is 4.25. The van der Waals surface area contributed by atoms with Gasteiger partial charge in [-0.05, 0) is 23.6 Å². The van der Waals surface area contributed by atoms with Gasteiger partial charge in [-0.3, -0.25) is 4.98 Å². The molecule has 0 aliphatic carbocycles. The van der Waals surface area contributed by atoms with Crippen LogP contribution >= 0.6 is 0 Å². The Morgan fingerprint density at radius 3 is 2.86 bits per heavy atom. The number of rotatable bonds is 0. The molecule has 0 bridgehead atoms. The highest BCUT2D eigenvalue weighted by atomic mass is 15.0. The first-order valence-electron chi connectivity index (χ1n) is 6.82. The third kappa shape index (κ3) is 2.16. The molecule has 0 fully saturated rings. The lowest BCUT2D eigenvalue weighted by Crippen LogP contribution is -1.77. The van der Waals surface area contributed by atoms with E-state index in [0.29, 0.717) is 5.65 Å². The summed E-state index contributed by atoms with van der Waals surface area (Å²) in [6, 6.07) is 10.3. The second-order valence-electron chi connectivity index (χ2n) is 4.74. The van der Waals surface area contributed by atoms with E-state index in [0.717, 1.165) is 16.6 Å². The minimum atomic E-state index is 0.713. The summed E-state index contributed by atoms with van der Waals surface area (Å²) in [4.78, 5) is 22.0. The fraction of sp³-hybridized carbons (Fsp3) is 0. The number of benzene rings is 1. The fourth-order valence-corrected chi connectivity index (χ4v) is 2.37. The molecular formula is C16H12N6. The van der Waals surface area contributed by atoms with E-state index >= 15 is 0 Å². The summed E-state index contributed by atoms with van der Waals surface area (Å²) in [5.74, 6) is 0. The monoisotopic (exact) mass is 288 g/mol. The second-order valence-corrected chi connectivity index (χ2v) is 4.74. The quantitative estimate of drug-likeness (QED) is 0.458. The van der Waals surface area contributed by atoms with E-state index < -0.39 is 0 Å². The van der Waals surface area contributed by atoms with Crippen molar-refractivity contribution in [2.75, 3.05) is 0 Å². The largest absolute Gasteiger partial charge is 0.361 e. The standard InChI is InChI=1S/C11H8N2.C5H4N4/c1-2-8-3-4-10-9(5-7-12-10)11(8)13-6-1;1-4-5(8-2-6-1)9-3-7-4/h1-7,13H;1-3H,(H,6,7,8,9). The SMILES string of the molecule is c1c[nH]c2c(c1)ccc1nccc12.c1ncc2[nH]cnc2n1. The van der Waals surface area contributed by atoms with Crippen molar-refractivity contribution in [2.24, 2.45) is 0 Å². The molecule has 1 aromatic carbocycles. The smallest absolute Gasteiger partial charge is 0.180 e. The highest BCUT2D eigenvalue weighted by Crippen LogP contribution is 2.21. The van der Waals surface area contributed by atoms with Gasteiger partial charge in [-0.15, -0.1) is 0 Å². The Bertz CT molecular complexity index is 1020. The lowest BCUT2D eigenvalue weighted by molar-refractivity contribution is 1.20. The molecule has 0 atom stereocenters. The van der Waals surface area contributed by atoms with Crippen molar-refractivity contribution < 1.29 is 0 Å². The molecule has 6 heteroatoms. The Balaban J connectivity index is 0.000000122. The summed E-state index contributed by atoms with van der Waals surface area (Å²) in [6.07, 6.45) is 8.54. The first-order valence-corrected chi connectivity index (χ1v) is 6.82. The van der Waals surface area contributed by atoms with Gasteiger partial charge in [0.1, 0.15) is 11.8 Å². The van der Waals surface area contributed by atoms with Gasteiger partial charge in [0.2, 0.25) is 0 Å². The van der Waals surface area contributed by atoms with Gasteiger partial charge in [0.25, 0.3) is 0 Å². The van der Waals surface area contributed by atoms with Gasteiger partial charge in [0.15, 0.2) is 5.65 Å². The van der Waals surface area contributed by atoms with Crippen molar-refractivity contribution in [1.29, 1.82) is 0 Å². The molecule has 0 aliphatic heterocycles. The van der Waals surface area contributed by atoms with E-state index in [2.05, 4.69) is 42.0 Å². The number of H-pyrrole nitrogens is 2. The highest BCUT2D eigenvalue weighted by Gasteiger charge is 1.99. The van der Waals surface area contributed by atoms with Gasteiger partial charge in [-0.1, -0.05) is 12.1 Å². The van der Waals surface area contributed by atoms with Gasteiger partial charge in [-0.2, -0.15) is 0 Å². The second kappa shape index (κ2) is 5.25. The molecule has 5 aromatic rings. The normalized spacial score (nSPS) is 10.7. The van der Waals surface area contributed by atoms with E-state index in [1.165, 1.54) is 17.1 Å². The number of imidazole rings is 1. The van der Waals surface area contributed by atoms with E-state index in [1.807, 2.05) is 30.6 Å². The van der Waals surface area contributed by atoms with Gasteiger partial charge >= 0.3 is 0 Å². The van der Waals surface area contributed by atoms with Crippen LogP contribution in [0.15, 0.2) is 61.6 Å². The maximum Gasteiger partial charge on any atom is 0.180 e.